The molecule has 4 aliphatic rings. The van der Waals surface area contributed by atoms with Crippen LogP contribution in [0.15, 0.2) is 30.3 Å². The zero-order valence-electron chi connectivity index (χ0n) is 16.4. The van der Waals surface area contributed by atoms with Gasteiger partial charge >= 0.3 is 0 Å². The molecule has 1 saturated carbocycles. The number of rotatable bonds is 3. The van der Waals surface area contributed by atoms with Gasteiger partial charge < -0.3 is 9.80 Å². The van der Waals surface area contributed by atoms with Crippen molar-refractivity contribution in [3.63, 3.8) is 0 Å². The van der Waals surface area contributed by atoms with Crippen LogP contribution in [-0.2, 0) is 16.1 Å². The van der Waals surface area contributed by atoms with E-state index >= 15 is 0 Å². The molecule has 0 aromatic heterocycles. The molecule has 4 fully saturated rings. The van der Waals surface area contributed by atoms with E-state index in [0.29, 0.717) is 18.5 Å². The molecule has 5 rings (SSSR count). The van der Waals surface area contributed by atoms with Crippen molar-refractivity contribution < 1.29 is 9.59 Å². The van der Waals surface area contributed by atoms with Crippen molar-refractivity contribution in [1.29, 1.82) is 0 Å². The largest absolute Gasteiger partial charge is 0.342 e. The molecule has 6 heteroatoms. The molecule has 28 heavy (non-hydrogen) atoms. The first-order valence-corrected chi connectivity index (χ1v) is 10.9. The standard InChI is InChI=1S/C22H30N4O2/c27-21(24-12-4-5-13-24)17-8-9-18-20(14-17)25(15-16-6-2-1-3-7-16)22(28)19-10-11-23-26(18)19/h1-3,6-7,17-20,23H,4-5,8-15H2. The molecule has 1 N–H and O–H groups in total. The molecule has 4 atom stereocenters. The molecule has 0 spiro atoms. The zero-order chi connectivity index (χ0) is 19.1. The summed E-state index contributed by atoms with van der Waals surface area (Å²) >= 11 is 0. The molecule has 1 aliphatic carbocycles. The number of hydrogen-bond acceptors (Lipinski definition) is 4. The maximum atomic E-state index is 13.3. The van der Waals surface area contributed by atoms with Gasteiger partial charge in [-0.2, -0.15) is 0 Å². The Labute approximate surface area is 166 Å². The molecule has 3 aliphatic heterocycles. The highest BCUT2D eigenvalue weighted by Gasteiger charge is 2.51. The van der Waals surface area contributed by atoms with Gasteiger partial charge in [-0.1, -0.05) is 30.3 Å². The normalized spacial score (nSPS) is 33.1. The lowest BCUT2D eigenvalue weighted by atomic mass is 9.78. The van der Waals surface area contributed by atoms with Gasteiger partial charge in [0.05, 0.1) is 0 Å². The smallest absolute Gasteiger partial charge is 0.242 e. The number of hydrogen-bond donors (Lipinski definition) is 1. The van der Waals surface area contributed by atoms with Gasteiger partial charge in [-0.3, -0.25) is 15.0 Å². The molecule has 3 heterocycles. The molecule has 4 unspecified atom stereocenters. The third kappa shape index (κ3) is 3.12. The molecule has 0 radical (unpaired) electrons. The second-order valence-electron chi connectivity index (χ2n) is 8.75. The minimum absolute atomic E-state index is 0.0456. The van der Waals surface area contributed by atoms with Crippen molar-refractivity contribution in [3.05, 3.63) is 35.9 Å². The summed E-state index contributed by atoms with van der Waals surface area (Å²) < 4.78 is 0. The van der Waals surface area contributed by atoms with Crippen molar-refractivity contribution in [3.8, 4) is 0 Å². The fourth-order valence-corrected chi connectivity index (χ4v) is 5.71. The SMILES string of the molecule is O=C(C1CCC2C(C1)N(Cc1ccccc1)C(=O)C1CCNN12)N1CCCC1. The van der Waals surface area contributed by atoms with Crippen molar-refractivity contribution >= 4 is 11.8 Å². The summed E-state index contributed by atoms with van der Waals surface area (Å²) in [5, 5.41) is 2.23. The zero-order valence-corrected chi connectivity index (χ0v) is 16.4. The van der Waals surface area contributed by atoms with Crippen LogP contribution in [0.4, 0.5) is 0 Å². The minimum atomic E-state index is -0.0456. The first-order chi connectivity index (χ1) is 13.7. The van der Waals surface area contributed by atoms with E-state index in [-0.39, 0.29) is 23.9 Å². The van der Waals surface area contributed by atoms with Crippen LogP contribution in [0.25, 0.3) is 0 Å². The lowest BCUT2D eigenvalue weighted by Gasteiger charge is -2.52. The third-order valence-corrected chi connectivity index (χ3v) is 7.12. The summed E-state index contributed by atoms with van der Waals surface area (Å²) in [4.78, 5) is 30.5. The van der Waals surface area contributed by atoms with Crippen LogP contribution < -0.4 is 5.43 Å². The number of likely N-dealkylation sites (tertiary alicyclic amines) is 1. The molecule has 0 bridgehead atoms. The van der Waals surface area contributed by atoms with Gasteiger partial charge in [-0.15, -0.1) is 0 Å². The molecule has 6 nitrogen and oxygen atoms in total. The van der Waals surface area contributed by atoms with Gasteiger partial charge in [0, 0.05) is 44.2 Å². The number of amides is 2. The fourth-order valence-electron chi connectivity index (χ4n) is 5.71. The van der Waals surface area contributed by atoms with E-state index in [1.807, 2.05) is 23.1 Å². The number of fused-ring (bicyclic) bond motifs is 3. The number of piperazine rings is 1. The molecule has 3 saturated heterocycles. The molecular formula is C22H30N4O2. The van der Waals surface area contributed by atoms with E-state index in [1.54, 1.807) is 0 Å². The van der Waals surface area contributed by atoms with E-state index in [1.165, 1.54) is 5.56 Å². The van der Waals surface area contributed by atoms with E-state index in [9.17, 15) is 9.59 Å². The predicted molar refractivity (Wildman–Crippen MR) is 106 cm³/mol. The number of nitrogens with one attached hydrogen (secondary N) is 1. The summed E-state index contributed by atoms with van der Waals surface area (Å²) in [6.07, 6.45) is 5.85. The van der Waals surface area contributed by atoms with Gasteiger partial charge in [0.25, 0.3) is 0 Å². The number of nitrogens with zero attached hydrogens (tertiary/aromatic N) is 3. The molecular weight excluding hydrogens is 352 g/mol. The summed E-state index contributed by atoms with van der Waals surface area (Å²) in [7, 11) is 0. The van der Waals surface area contributed by atoms with Crippen molar-refractivity contribution in [2.45, 2.75) is 63.2 Å². The Morgan fingerprint density at radius 2 is 1.82 bits per heavy atom. The first kappa shape index (κ1) is 18.1. The number of benzene rings is 1. The van der Waals surface area contributed by atoms with Crippen molar-refractivity contribution in [2.75, 3.05) is 19.6 Å². The van der Waals surface area contributed by atoms with E-state index < -0.39 is 0 Å². The van der Waals surface area contributed by atoms with E-state index in [4.69, 9.17) is 0 Å². The molecule has 2 amide bonds. The van der Waals surface area contributed by atoms with Gasteiger partial charge in [0.2, 0.25) is 11.8 Å². The summed E-state index contributed by atoms with van der Waals surface area (Å²) in [6, 6.07) is 10.6. The molecule has 150 valence electrons. The lowest BCUT2D eigenvalue weighted by Crippen LogP contribution is -2.68. The summed E-state index contributed by atoms with van der Waals surface area (Å²) in [6.45, 7) is 3.34. The van der Waals surface area contributed by atoms with Crippen LogP contribution in [0.3, 0.4) is 0 Å². The average molecular weight is 383 g/mol. The summed E-state index contributed by atoms with van der Waals surface area (Å²) in [5.41, 5.74) is 4.63. The minimum Gasteiger partial charge on any atom is -0.342 e. The quantitative estimate of drug-likeness (QED) is 0.866. The Hall–Kier alpha value is -1.92. The highest BCUT2D eigenvalue weighted by Crippen LogP contribution is 2.38. The topological polar surface area (TPSA) is 55.9 Å². The van der Waals surface area contributed by atoms with Crippen LogP contribution in [-0.4, -0.2) is 64.4 Å². The first-order valence-electron chi connectivity index (χ1n) is 10.9. The Kier molecular flexibility index (Phi) is 4.85. The second-order valence-corrected chi connectivity index (χ2v) is 8.75. The lowest BCUT2D eigenvalue weighted by molar-refractivity contribution is -0.158. The van der Waals surface area contributed by atoms with Crippen LogP contribution in [0.5, 0.6) is 0 Å². The number of carbonyl (C=O) groups is 2. The predicted octanol–water partition coefficient (Wildman–Crippen LogP) is 1.77. The van der Waals surface area contributed by atoms with Crippen LogP contribution >= 0.6 is 0 Å². The number of carbonyl (C=O) groups excluding carboxylic acids is 2. The Morgan fingerprint density at radius 1 is 1.04 bits per heavy atom. The maximum Gasteiger partial charge on any atom is 0.242 e. The van der Waals surface area contributed by atoms with Crippen LogP contribution in [0.1, 0.15) is 44.1 Å². The van der Waals surface area contributed by atoms with Crippen molar-refractivity contribution in [2.24, 2.45) is 5.92 Å². The highest BCUT2D eigenvalue weighted by molar-refractivity contribution is 5.84. The van der Waals surface area contributed by atoms with Gasteiger partial charge in [-0.05, 0) is 44.1 Å². The third-order valence-electron chi connectivity index (χ3n) is 7.12. The summed E-state index contributed by atoms with van der Waals surface area (Å²) in [5.74, 6) is 0.605. The Morgan fingerprint density at radius 3 is 2.61 bits per heavy atom. The Bertz CT molecular complexity index is 733. The van der Waals surface area contributed by atoms with Crippen LogP contribution in [0, 0.1) is 5.92 Å². The average Bonchev–Trinajstić information content (AvgIpc) is 3.43. The second kappa shape index (κ2) is 7.48. The monoisotopic (exact) mass is 382 g/mol. The van der Waals surface area contributed by atoms with Gasteiger partial charge in [-0.25, -0.2) is 5.01 Å². The van der Waals surface area contributed by atoms with Gasteiger partial charge in [0.1, 0.15) is 6.04 Å². The number of hydrazine groups is 1. The molecule has 1 aromatic carbocycles. The van der Waals surface area contributed by atoms with E-state index in [0.717, 1.165) is 58.2 Å². The van der Waals surface area contributed by atoms with Crippen LogP contribution in [0.2, 0.25) is 0 Å². The van der Waals surface area contributed by atoms with Gasteiger partial charge in [0.15, 0.2) is 0 Å². The highest BCUT2D eigenvalue weighted by atomic mass is 16.2. The van der Waals surface area contributed by atoms with Crippen molar-refractivity contribution in [1.82, 2.24) is 20.2 Å². The molecule has 1 aromatic rings. The maximum absolute atomic E-state index is 13.3. The Balaban J connectivity index is 1.39. The van der Waals surface area contributed by atoms with E-state index in [2.05, 4.69) is 27.5 Å². The fraction of sp³-hybridized carbons (Fsp3) is 0.636.